The van der Waals surface area contributed by atoms with Gasteiger partial charge in [-0.15, -0.1) is 0 Å². The number of rotatable bonds is 5. The van der Waals surface area contributed by atoms with E-state index in [1.165, 1.54) is 0 Å². The lowest BCUT2D eigenvalue weighted by Gasteiger charge is -2.37. The minimum atomic E-state index is -0.250. The van der Waals surface area contributed by atoms with Gasteiger partial charge in [-0.05, 0) is 37.9 Å². The van der Waals surface area contributed by atoms with E-state index in [-0.39, 0.29) is 41.6 Å². The highest BCUT2D eigenvalue weighted by Crippen LogP contribution is 2.58. The molecule has 3 fully saturated rings. The summed E-state index contributed by atoms with van der Waals surface area (Å²) in [5.74, 6) is 0.491. The molecule has 3 amide bonds. The van der Waals surface area contributed by atoms with Gasteiger partial charge in [-0.3, -0.25) is 39.0 Å². The van der Waals surface area contributed by atoms with Gasteiger partial charge < -0.3 is 14.9 Å². The Morgan fingerprint density at radius 2 is 1.66 bits per heavy atom. The van der Waals surface area contributed by atoms with Gasteiger partial charge in [0.25, 0.3) is 6.47 Å². The second-order valence-corrected chi connectivity index (χ2v) is 10.5. The van der Waals surface area contributed by atoms with Gasteiger partial charge in [-0.25, -0.2) is 0 Å². The number of carbonyl (C=O) groups is 6. The van der Waals surface area contributed by atoms with Crippen LogP contribution in [0.5, 0.6) is 0 Å². The molecule has 11 nitrogen and oxygen atoms in total. The Morgan fingerprint density at radius 1 is 1.08 bits per heavy atom. The van der Waals surface area contributed by atoms with Crippen LogP contribution in [-0.2, 0) is 19.2 Å². The fourth-order valence-electron chi connectivity index (χ4n) is 5.04. The number of anilines is 1. The molecule has 1 saturated carbocycles. The number of nitrogens with zero attached hydrogens (tertiary/aromatic N) is 3. The van der Waals surface area contributed by atoms with Crippen LogP contribution in [0.2, 0.25) is 0 Å². The molecule has 0 bridgehead atoms. The molecule has 2 heterocycles. The first-order valence-corrected chi connectivity index (χ1v) is 12.6. The summed E-state index contributed by atoms with van der Waals surface area (Å²) in [5, 5.41) is 9.18. The quantitative estimate of drug-likeness (QED) is 0.425. The van der Waals surface area contributed by atoms with Crippen molar-refractivity contribution in [3.8, 4) is 0 Å². The summed E-state index contributed by atoms with van der Waals surface area (Å²) >= 11 is 0. The van der Waals surface area contributed by atoms with Crippen molar-refractivity contribution in [3.63, 3.8) is 0 Å². The lowest BCUT2D eigenvalue weighted by molar-refractivity contribution is -0.137. The van der Waals surface area contributed by atoms with Crippen molar-refractivity contribution in [1.82, 2.24) is 15.1 Å². The van der Waals surface area contributed by atoms with Gasteiger partial charge in [0.1, 0.15) is 0 Å². The highest BCUT2D eigenvalue weighted by atomic mass is 16.3. The summed E-state index contributed by atoms with van der Waals surface area (Å²) in [6.45, 7) is 8.85. The first-order chi connectivity index (χ1) is 17.9. The van der Waals surface area contributed by atoms with E-state index in [1.54, 1.807) is 12.1 Å². The van der Waals surface area contributed by atoms with Gasteiger partial charge in [-0.2, -0.15) is 0 Å². The molecular weight excluding hydrogens is 492 g/mol. The summed E-state index contributed by atoms with van der Waals surface area (Å²) in [6, 6.07) is 5.17. The Bertz CT molecular complexity index is 1050. The maximum absolute atomic E-state index is 12.7. The molecule has 3 aliphatic rings. The topological polar surface area (TPSA) is 144 Å². The average Bonchev–Trinajstić information content (AvgIpc) is 3.39. The van der Waals surface area contributed by atoms with Gasteiger partial charge in [0.2, 0.25) is 17.7 Å². The molecule has 11 heteroatoms. The number of nitrogens with one attached hydrogen (secondary N) is 1. The Labute approximate surface area is 223 Å². The third kappa shape index (κ3) is 7.03. The zero-order chi connectivity index (χ0) is 28.6. The molecule has 38 heavy (non-hydrogen) atoms. The average molecular weight is 531 g/mol. The number of piperidine rings is 1. The Balaban J connectivity index is 0.000000302. The zero-order valence-corrected chi connectivity index (χ0v) is 22.7. The number of carboxylic acid groups (broad SMARTS) is 1. The van der Waals surface area contributed by atoms with Crippen molar-refractivity contribution < 1.29 is 33.9 Å². The molecule has 2 aliphatic heterocycles. The molecule has 2 saturated heterocycles. The van der Waals surface area contributed by atoms with E-state index in [0.29, 0.717) is 62.4 Å². The Kier molecular flexibility index (Phi) is 10.7. The van der Waals surface area contributed by atoms with Crippen molar-refractivity contribution in [3.05, 3.63) is 29.3 Å². The summed E-state index contributed by atoms with van der Waals surface area (Å²) in [6.07, 6.45) is 2.54. The fourth-order valence-corrected chi connectivity index (χ4v) is 5.04. The molecule has 1 aliphatic carbocycles. The number of hydrogen-bond acceptors (Lipinski definition) is 8. The van der Waals surface area contributed by atoms with Crippen LogP contribution in [0, 0.1) is 17.3 Å². The highest BCUT2D eigenvalue weighted by molar-refractivity contribution is 6.00. The lowest BCUT2D eigenvalue weighted by Crippen LogP contribution is -2.50. The van der Waals surface area contributed by atoms with Gasteiger partial charge >= 0.3 is 0 Å². The molecule has 1 aromatic carbocycles. The number of imide groups is 1. The standard InChI is InChI=1S/C19H24N2O3.C7H12N2O2.CH2O2/c1-13-17(19(13,2)3)18(24)21-9-7-20(8-10-21)16-6-4-5-14(11-22)15(16)12-23;1-9(2)5-3-4-6(10)8-7(5)11;2-1-3/h4-6,11-13,17H,7-10H2,1-3H3;5H,3-4H2,1-2H3,(H,8,10,11);1H,(H,2,3). The van der Waals surface area contributed by atoms with Crippen LogP contribution in [0.1, 0.15) is 54.3 Å². The molecule has 0 radical (unpaired) electrons. The van der Waals surface area contributed by atoms with Crippen LogP contribution in [0.3, 0.4) is 0 Å². The number of benzene rings is 1. The monoisotopic (exact) mass is 530 g/mol. The highest BCUT2D eigenvalue weighted by Gasteiger charge is 2.59. The predicted molar refractivity (Wildman–Crippen MR) is 141 cm³/mol. The molecule has 1 aromatic rings. The molecule has 0 spiro atoms. The second kappa shape index (κ2) is 13.3. The Hall–Kier alpha value is -3.60. The van der Waals surface area contributed by atoms with E-state index < -0.39 is 0 Å². The van der Waals surface area contributed by atoms with Crippen molar-refractivity contribution in [1.29, 1.82) is 0 Å². The van der Waals surface area contributed by atoms with Crippen LogP contribution < -0.4 is 10.2 Å². The number of aldehydes is 2. The van der Waals surface area contributed by atoms with Crippen molar-refractivity contribution in [2.75, 3.05) is 45.2 Å². The largest absolute Gasteiger partial charge is 0.483 e. The fraction of sp³-hybridized carbons (Fsp3) is 0.556. The molecular formula is C27H38N4O7. The molecule has 3 atom stereocenters. The summed E-state index contributed by atoms with van der Waals surface area (Å²) < 4.78 is 0. The Morgan fingerprint density at radius 3 is 2.11 bits per heavy atom. The normalized spacial score (nSPS) is 23.7. The smallest absolute Gasteiger partial charge is 0.290 e. The molecule has 3 unspecified atom stereocenters. The predicted octanol–water partition coefficient (Wildman–Crippen LogP) is 1.31. The van der Waals surface area contributed by atoms with Crippen LogP contribution in [0.25, 0.3) is 0 Å². The van der Waals surface area contributed by atoms with Crippen molar-refractivity contribution in [2.24, 2.45) is 17.3 Å². The minimum Gasteiger partial charge on any atom is -0.483 e. The maximum Gasteiger partial charge on any atom is 0.290 e. The number of hydrogen-bond donors (Lipinski definition) is 2. The third-order valence-electron chi connectivity index (χ3n) is 7.76. The lowest BCUT2D eigenvalue weighted by atomic mass is 10.1. The summed E-state index contributed by atoms with van der Waals surface area (Å²) in [4.78, 5) is 71.1. The van der Waals surface area contributed by atoms with Crippen molar-refractivity contribution in [2.45, 2.75) is 39.7 Å². The van der Waals surface area contributed by atoms with Crippen LogP contribution >= 0.6 is 0 Å². The van der Waals surface area contributed by atoms with Crippen molar-refractivity contribution >= 4 is 42.5 Å². The van der Waals surface area contributed by atoms with Crippen LogP contribution in [0.15, 0.2) is 18.2 Å². The van der Waals surface area contributed by atoms with Crippen LogP contribution in [0.4, 0.5) is 5.69 Å². The van der Waals surface area contributed by atoms with E-state index in [2.05, 4.69) is 31.0 Å². The van der Waals surface area contributed by atoms with E-state index in [0.717, 1.165) is 12.0 Å². The van der Waals surface area contributed by atoms with Gasteiger partial charge in [-0.1, -0.05) is 32.9 Å². The van der Waals surface area contributed by atoms with Gasteiger partial charge in [0, 0.05) is 55.3 Å². The summed E-state index contributed by atoms with van der Waals surface area (Å²) in [7, 11) is 3.67. The molecule has 0 aromatic heterocycles. The molecule has 2 N–H and O–H groups in total. The summed E-state index contributed by atoms with van der Waals surface area (Å²) in [5.41, 5.74) is 1.73. The van der Waals surface area contributed by atoms with E-state index >= 15 is 0 Å². The second-order valence-electron chi connectivity index (χ2n) is 10.5. The molecule has 4 rings (SSSR count). The van der Waals surface area contributed by atoms with Gasteiger partial charge in [0.15, 0.2) is 12.6 Å². The maximum atomic E-state index is 12.7. The zero-order valence-electron chi connectivity index (χ0n) is 22.7. The first-order valence-electron chi connectivity index (χ1n) is 12.6. The number of likely N-dealkylation sites (N-methyl/N-ethyl adjacent to an activating group) is 1. The molecule has 208 valence electrons. The van der Waals surface area contributed by atoms with E-state index in [1.807, 2.05) is 30.0 Å². The van der Waals surface area contributed by atoms with E-state index in [9.17, 15) is 24.0 Å². The number of carbonyl (C=O) groups excluding carboxylic acids is 5. The number of piperazine rings is 1. The number of amides is 3. The third-order valence-corrected chi connectivity index (χ3v) is 7.76. The minimum absolute atomic E-state index is 0.108. The van der Waals surface area contributed by atoms with Gasteiger partial charge in [0.05, 0.1) is 6.04 Å². The van der Waals surface area contributed by atoms with E-state index in [4.69, 9.17) is 9.90 Å². The van der Waals surface area contributed by atoms with Crippen LogP contribution in [-0.4, -0.2) is 98.0 Å². The SMILES string of the molecule is CC1C(C(=O)N2CCN(c3cccc(C=O)c3C=O)CC2)C1(C)C.CN(C)C1CCC(=O)NC1=O.O=CO. The first kappa shape index (κ1) is 30.6.